The van der Waals surface area contributed by atoms with Crippen molar-refractivity contribution < 1.29 is 17.9 Å². The van der Waals surface area contributed by atoms with Gasteiger partial charge in [-0.15, -0.1) is 12.4 Å². The molecule has 41 heavy (non-hydrogen) atoms. The number of hydrogen-bond donors (Lipinski definition) is 2. The number of anilines is 2. The van der Waals surface area contributed by atoms with Gasteiger partial charge in [-0.05, 0) is 79.6 Å². The quantitative estimate of drug-likeness (QED) is 0.281. The molecule has 0 bridgehead atoms. The highest BCUT2D eigenvalue weighted by Crippen LogP contribution is 2.32. The Bertz CT molecular complexity index is 1600. The lowest BCUT2D eigenvalue weighted by molar-refractivity contribution is 0.0948. The summed E-state index contributed by atoms with van der Waals surface area (Å²) in [5, 5.41) is 4.04. The predicted molar refractivity (Wildman–Crippen MR) is 168 cm³/mol. The molecule has 2 N–H and O–H groups in total. The van der Waals surface area contributed by atoms with Crippen molar-refractivity contribution in [2.75, 3.05) is 56.0 Å². The monoisotopic (exact) mass is 615 g/mol. The Balaban J connectivity index is 0.00000387. The number of rotatable bonds is 9. The van der Waals surface area contributed by atoms with Crippen LogP contribution in [0.15, 0.2) is 65.6 Å². The number of aryl methyl sites for hydroxylation is 2. The summed E-state index contributed by atoms with van der Waals surface area (Å²) in [6.45, 7) is 9.16. The Morgan fingerprint density at radius 3 is 2.34 bits per heavy atom. The van der Waals surface area contributed by atoms with Gasteiger partial charge in [0.15, 0.2) is 5.13 Å². The molecule has 3 aromatic carbocycles. The van der Waals surface area contributed by atoms with Crippen LogP contribution in [-0.2, 0) is 10.0 Å². The van der Waals surface area contributed by atoms with E-state index < -0.39 is 10.0 Å². The van der Waals surface area contributed by atoms with Gasteiger partial charge in [0, 0.05) is 50.5 Å². The summed E-state index contributed by atoms with van der Waals surface area (Å²) in [6.07, 6.45) is 0. The molecule has 12 heteroatoms. The van der Waals surface area contributed by atoms with Crippen LogP contribution in [-0.4, -0.2) is 70.6 Å². The fraction of sp³-hybridized carbons (Fsp3) is 0.310. The van der Waals surface area contributed by atoms with E-state index in [1.54, 1.807) is 47.7 Å². The Morgan fingerprint density at radius 1 is 1.00 bits per heavy atom. The summed E-state index contributed by atoms with van der Waals surface area (Å²) in [5.74, 6) is 0.384. The summed E-state index contributed by atoms with van der Waals surface area (Å²) in [5.41, 5.74) is 4.43. The molecule has 1 fully saturated rings. The molecule has 0 unspecified atom stereocenters. The first-order chi connectivity index (χ1) is 19.2. The van der Waals surface area contributed by atoms with Crippen LogP contribution >= 0.6 is 23.7 Å². The predicted octanol–water partition coefficient (Wildman–Crippen LogP) is 4.70. The Hall–Kier alpha value is -3.38. The Labute approximate surface area is 251 Å². The average molecular weight is 616 g/mol. The molecule has 4 aromatic rings. The second-order valence-electron chi connectivity index (χ2n) is 9.87. The molecule has 0 spiro atoms. The molecule has 0 radical (unpaired) electrons. The highest BCUT2D eigenvalue weighted by molar-refractivity contribution is 7.92. The molecule has 9 nitrogen and oxygen atoms in total. The summed E-state index contributed by atoms with van der Waals surface area (Å²) < 4.78 is 34.1. The molecule has 218 valence electrons. The zero-order chi connectivity index (χ0) is 28.3. The zero-order valence-electron chi connectivity index (χ0n) is 23.2. The van der Waals surface area contributed by atoms with Crippen LogP contribution in [0.2, 0.25) is 0 Å². The lowest BCUT2D eigenvalue weighted by Crippen LogP contribution is -2.48. The molecule has 0 atom stereocenters. The third-order valence-corrected chi connectivity index (χ3v) is 9.60. The highest BCUT2D eigenvalue weighted by Gasteiger charge is 2.20. The summed E-state index contributed by atoms with van der Waals surface area (Å²) in [4.78, 5) is 22.3. The number of carbonyl (C=O) groups is 1. The van der Waals surface area contributed by atoms with Gasteiger partial charge in [0.05, 0.1) is 22.2 Å². The van der Waals surface area contributed by atoms with Gasteiger partial charge < -0.3 is 15.0 Å². The number of sulfonamides is 1. The molecule has 2 heterocycles. The number of nitrogens with one attached hydrogen (secondary N) is 2. The number of aromatic nitrogens is 1. The molecular weight excluding hydrogens is 582 g/mol. The van der Waals surface area contributed by atoms with Gasteiger partial charge in [0.25, 0.3) is 15.9 Å². The van der Waals surface area contributed by atoms with Gasteiger partial charge in [-0.1, -0.05) is 17.4 Å². The summed E-state index contributed by atoms with van der Waals surface area (Å²) in [6, 6.07) is 16.9. The third kappa shape index (κ3) is 7.28. The number of hydrogen-bond acceptors (Lipinski definition) is 8. The van der Waals surface area contributed by atoms with Crippen LogP contribution in [0, 0.1) is 13.8 Å². The standard InChI is InChI=1S/C29H33N5O4S2.ClH/c1-20-18-21(2)27-26(19-20)31-29(39-27)34-16-14-33(15-17-34)13-12-30-28(35)22-4-6-23(7-5-22)32-40(36,37)25-10-8-24(38-3)9-11-25;/h4-11,18-19,32H,12-17H2,1-3H3,(H,30,35);1H. The topological polar surface area (TPSA) is 104 Å². The zero-order valence-corrected chi connectivity index (χ0v) is 25.7. The van der Waals surface area contributed by atoms with Crippen molar-refractivity contribution in [1.82, 2.24) is 15.2 Å². The van der Waals surface area contributed by atoms with E-state index in [-0.39, 0.29) is 23.2 Å². The van der Waals surface area contributed by atoms with Gasteiger partial charge in [-0.25, -0.2) is 13.4 Å². The van der Waals surface area contributed by atoms with Gasteiger partial charge >= 0.3 is 0 Å². The van der Waals surface area contributed by atoms with Crippen molar-refractivity contribution in [3.05, 3.63) is 77.4 Å². The van der Waals surface area contributed by atoms with Gasteiger partial charge in [-0.3, -0.25) is 14.4 Å². The van der Waals surface area contributed by atoms with Crippen LogP contribution in [0.1, 0.15) is 21.5 Å². The van der Waals surface area contributed by atoms with Crippen LogP contribution < -0.4 is 19.7 Å². The number of nitrogens with zero attached hydrogens (tertiary/aromatic N) is 3. The SMILES string of the molecule is COc1ccc(S(=O)(=O)Nc2ccc(C(=O)NCCN3CCN(c4nc5cc(C)cc(C)c5s4)CC3)cc2)cc1.Cl. The first-order valence-electron chi connectivity index (χ1n) is 13.1. The smallest absolute Gasteiger partial charge is 0.261 e. The number of carbonyl (C=O) groups excluding carboxylic acids is 1. The number of methoxy groups -OCH3 is 1. The molecule has 0 saturated carbocycles. The number of piperazine rings is 1. The van der Waals surface area contributed by atoms with Gasteiger partial charge in [-0.2, -0.15) is 0 Å². The maximum absolute atomic E-state index is 12.6. The van der Waals surface area contributed by atoms with Crippen LogP contribution in [0.5, 0.6) is 5.75 Å². The van der Waals surface area contributed by atoms with E-state index >= 15 is 0 Å². The first kappa shape index (κ1) is 30.6. The fourth-order valence-electron chi connectivity index (χ4n) is 4.75. The Morgan fingerprint density at radius 2 is 1.68 bits per heavy atom. The molecule has 1 aliphatic heterocycles. The normalized spacial score (nSPS) is 14.0. The summed E-state index contributed by atoms with van der Waals surface area (Å²) in [7, 11) is -2.23. The van der Waals surface area contributed by atoms with Crippen LogP contribution in [0.25, 0.3) is 10.2 Å². The average Bonchev–Trinajstić information content (AvgIpc) is 3.38. The number of fused-ring (bicyclic) bond motifs is 1. The number of amides is 1. The molecular formula is C29H34ClN5O4S2. The highest BCUT2D eigenvalue weighted by atomic mass is 35.5. The van der Waals surface area contributed by atoms with E-state index in [0.29, 0.717) is 23.5 Å². The van der Waals surface area contributed by atoms with E-state index in [2.05, 4.69) is 45.8 Å². The van der Waals surface area contributed by atoms with Crippen molar-refractivity contribution in [3.63, 3.8) is 0 Å². The maximum Gasteiger partial charge on any atom is 0.261 e. The Kier molecular flexibility index (Phi) is 9.75. The van der Waals surface area contributed by atoms with Crippen LogP contribution in [0.3, 0.4) is 0 Å². The van der Waals surface area contributed by atoms with Crippen molar-refractivity contribution in [1.29, 1.82) is 0 Å². The van der Waals surface area contributed by atoms with Crippen molar-refractivity contribution in [3.8, 4) is 5.75 Å². The lowest BCUT2D eigenvalue weighted by atomic mass is 10.1. The maximum atomic E-state index is 12.6. The fourth-order valence-corrected chi connectivity index (χ4v) is 6.88. The van der Waals surface area contributed by atoms with Gasteiger partial charge in [0.2, 0.25) is 0 Å². The molecule has 1 saturated heterocycles. The first-order valence-corrected chi connectivity index (χ1v) is 15.4. The second-order valence-corrected chi connectivity index (χ2v) is 12.5. The minimum absolute atomic E-state index is 0. The van der Waals surface area contributed by atoms with E-state index in [1.807, 2.05) is 0 Å². The molecule has 1 aliphatic rings. The third-order valence-electron chi connectivity index (χ3n) is 6.93. The number of benzene rings is 3. The summed E-state index contributed by atoms with van der Waals surface area (Å²) >= 11 is 1.76. The van der Waals surface area contributed by atoms with E-state index in [0.717, 1.165) is 43.4 Å². The lowest BCUT2D eigenvalue weighted by Gasteiger charge is -2.34. The molecule has 1 aromatic heterocycles. The van der Waals surface area contributed by atoms with Gasteiger partial charge in [0.1, 0.15) is 5.75 Å². The van der Waals surface area contributed by atoms with Crippen molar-refractivity contribution in [2.24, 2.45) is 0 Å². The van der Waals surface area contributed by atoms with E-state index in [1.165, 1.54) is 35.1 Å². The van der Waals surface area contributed by atoms with E-state index in [9.17, 15) is 13.2 Å². The van der Waals surface area contributed by atoms with E-state index in [4.69, 9.17) is 9.72 Å². The number of thiazole rings is 1. The molecule has 0 aliphatic carbocycles. The molecule has 1 amide bonds. The largest absolute Gasteiger partial charge is 0.497 e. The van der Waals surface area contributed by atoms with Crippen molar-refractivity contribution in [2.45, 2.75) is 18.7 Å². The van der Waals surface area contributed by atoms with Crippen LogP contribution in [0.4, 0.5) is 10.8 Å². The number of ether oxygens (including phenoxy) is 1. The second kappa shape index (κ2) is 13.1. The minimum Gasteiger partial charge on any atom is -0.497 e. The molecule has 5 rings (SSSR count). The minimum atomic E-state index is -3.75. The number of halogens is 1. The van der Waals surface area contributed by atoms with Crippen molar-refractivity contribution >= 4 is 60.7 Å².